The molecule has 0 unspecified atom stereocenters. The van der Waals surface area contributed by atoms with Crippen molar-refractivity contribution in [3.8, 4) is 28.4 Å². The molecule has 1 aliphatic heterocycles. The Morgan fingerprint density at radius 2 is 1.49 bits per heavy atom. The summed E-state index contributed by atoms with van der Waals surface area (Å²) in [5.41, 5.74) is 7.95. The fourth-order valence-electron chi connectivity index (χ4n) is 6.15. The number of ether oxygens (including phenoxy) is 1. The molecule has 5 heteroatoms. The van der Waals surface area contributed by atoms with Crippen LogP contribution in [-0.2, 0) is 0 Å². The van der Waals surface area contributed by atoms with E-state index in [4.69, 9.17) is 13.8 Å². The van der Waals surface area contributed by atoms with Gasteiger partial charge in [0.15, 0.2) is 0 Å². The first-order valence-electron chi connectivity index (χ1n) is 15.8. The van der Waals surface area contributed by atoms with E-state index >= 15 is 0 Å². The third-order valence-corrected chi connectivity index (χ3v) is 8.19. The summed E-state index contributed by atoms with van der Waals surface area (Å²) in [4.78, 5) is 8.27. The van der Waals surface area contributed by atoms with Gasteiger partial charge in [0, 0.05) is 45.9 Å². The zero-order valence-corrected chi connectivity index (χ0v) is 23.6. The lowest BCUT2D eigenvalue weighted by Gasteiger charge is -2.20. The van der Waals surface area contributed by atoms with Crippen LogP contribution in [0.1, 0.15) is 9.68 Å². The van der Waals surface area contributed by atoms with E-state index in [1.165, 1.54) is 16.0 Å². The van der Waals surface area contributed by atoms with Gasteiger partial charge >= 0.3 is 0 Å². The minimum Gasteiger partial charge on any atom is -0.457 e. The zero-order chi connectivity index (χ0) is 31.4. The van der Waals surface area contributed by atoms with Gasteiger partial charge in [-0.25, -0.2) is 4.98 Å². The van der Waals surface area contributed by atoms with Gasteiger partial charge in [-0.3, -0.25) is 4.57 Å². The minimum absolute atomic E-state index is 0.222. The third kappa shape index (κ3) is 4.29. The number of para-hydroxylation sites is 3. The molecule has 5 nitrogen and oxygen atoms in total. The number of aromatic nitrogens is 2. The van der Waals surface area contributed by atoms with Gasteiger partial charge in [-0.05, 0) is 78.2 Å². The lowest BCUT2D eigenvalue weighted by atomic mass is 10.0. The van der Waals surface area contributed by atoms with Crippen molar-refractivity contribution < 1.29 is 8.85 Å². The van der Waals surface area contributed by atoms with Crippen LogP contribution in [0.5, 0.6) is 11.5 Å². The quantitative estimate of drug-likeness (QED) is 0.210. The highest BCUT2D eigenvalue weighted by Crippen LogP contribution is 2.41. The molecule has 5 aromatic carbocycles. The van der Waals surface area contributed by atoms with Gasteiger partial charge in [0.1, 0.15) is 17.3 Å². The first kappa shape index (κ1) is 22.1. The number of benzene rings is 5. The van der Waals surface area contributed by atoms with E-state index in [1.807, 2.05) is 65.7 Å². The van der Waals surface area contributed by atoms with Crippen molar-refractivity contribution in [1.29, 1.82) is 0 Å². The molecule has 2 aromatic heterocycles. The standard InChI is InChI=1S/C38H30N4O/c1-26-10-3-4-13-31(26)27-20-21-39-38(22-27)42-34-15-6-5-14-32(34)33-19-18-30(24-37(33)42)43-29-12-9-11-28(23-29)41-25-40(2)35-16-7-8-17-36(35)41/h3-24H,25H2,1-2H3/i2D3. The fourth-order valence-corrected chi connectivity index (χ4v) is 6.15. The molecule has 8 rings (SSSR count). The molecule has 0 radical (unpaired) electrons. The molecule has 0 aliphatic carbocycles. The van der Waals surface area contributed by atoms with Crippen LogP contribution in [0.3, 0.4) is 0 Å². The van der Waals surface area contributed by atoms with Crippen LogP contribution in [0.15, 0.2) is 134 Å². The molecule has 1 aliphatic rings. The second kappa shape index (κ2) is 10.1. The predicted octanol–water partition coefficient (Wildman–Crippen LogP) is 9.49. The molecule has 3 heterocycles. The SMILES string of the molecule is [2H]C([2H])([2H])N1CN(c2cccc(Oc3ccc4c5ccccc5n(-c5cc(-c6ccccc6C)ccn5)c4c3)c2)c2ccccc21. The van der Waals surface area contributed by atoms with Gasteiger partial charge in [0.05, 0.1) is 29.1 Å². The van der Waals surface area contributed by atoms with Crippen molar-refractivity contribution in [3.05, 3.63) is 139 Å². The molecular weight excluding hydrogens is 528 g/mol. The van der Waals surface area contributed by atoms with Crippen molar-refractivity contribution >= 4 is 38.9 Å². The summed E-state index contributed by atoms with van der Waals surface area (Å²) >= 11 is 0. The molecule has 0 saturated heterocycles. The minimum atomic E-state index is -2.25. The van der Waals surface area contributed by atoms with Gasteiger partial charge < -0.3 is 14.5 Å². The number of hydrogen-bond acceptors (Lipinski definition) is 4. The average Bonchev–Trinajstić information content (AvgIpc) is 3.62. The first-order chi connectivity index (χ1) is 22.3. The molecule has 0 bridgehead atoms. The number of nitrogens with zero attached hydrogens (tertiary/aromatic N) is 4. The highest BCUT2D eigenvalue weighted by Gasteiger charge is 2.24. The maximum atomic E-state index is 8.06. The third-order valence-electron chi connectivity index (χ3n) is 8.19. The Bertz CT molecular complexity index is 2260. The molecule has 43 heavy (non-hydrogen) atoms. The number of rotatable bonds is 5. The molecule has 0 N–H and O–H groups in total. The van der Waals surface area contributed by atoms with E-state index in [-0.39, 0.29) is 6.67 Å². The van der Waals surface area contributed by atoms with Gasteiger partial charge in [0.25, 0.3) is 0 Å². The van der Waals surface area contributed by atoms with Gasteiger partial charge in [-0.1, -0.05) is 60.7 Å². The van der Waals surface area contributed by atoms with Crippen LogP contribution in [0.25, 0.3) is 38.8 Å². The summed E-state index contributed by atoms with van der Waals surface area (Å²) in [6.07, 6.45) is 1.87. The van der Waals surface area contributed by atoms with E-state index < -0.39 is 6.98 Å². The first-order valence-corrected chi connectivity index (χ1v) is 14.3. The summed E-state index contributed by atoms with van der Waals surface area (Å²) in [5, 5.41) is 2.25. The van der Waals surface area contributed by atoms with E-state index in [1.54, 1.807) is 0 Å². The summed E-state index contributed by atoms with van der Waals surface area (Å²) in [6, 6.07) is 42.5. The van der Waals surface area contributed by atoms with Crippen molar-refractivity contribution in [1.82, 2.24) is 9.55 Å². The van der Waals surface area contributed by atoms with Crippen LogP contribution >= 0.6 is 0 Å². The van der Waals surface area contributed by atoms with E-state index in [0.717, 1.165) is 44.6 Å². The largest absolute Gasteiger partial charge is 0.457 e. The average molecular weight is 562 g/mol. The van der Waals surface area contributed by atoms with Crippen molar-refractivity contribution in [2.24, 2.45) is 0 Å². The smallest absolute Gasteiger partial charge is 0.138 e. The van der Waals surface area contributed by atoms with E-state index in [0.29, 0.717) is 17.2 Å². The second-order valence-electron chi connectivity index (χ2n) is 10.8. The Labute approximate surface area is 255 Å². The van der Waals surface area contributed by atoms with Crippen LogP contribution < -0.4 is 14.5 Å². The normalized spacial score (nSPS) is 14.0. The maximum absolute atomic E-state index is 8.06. The van der Waals surface area contributed by atoms with Crippen LogP contribution in [0, 0.1) is 6.92 Å². The molecule has 0 atom stereocenters. The number of aryl methyl sites for hydroxylation is 1. The maximum Gasteiger partial charge on any atom is 0.138 e. The van der Waals surface area contributed by atoms with Crippen LogP contribution in [0.2, 0.25) is 0 Å². The van der Waals surface area contributed by atoms with Gasteiger partial charge in [-0.2, -0.15) is 0 Å². The monoisotopic (exact) mass is 561 g/mol. The summed E-state index contributed by atoms with van der Waals surface area (Å²) in [6.45, 7) is 0.0987. The van der Waals surface area contributed by atoms with Crippen LogP contribution in [0.4, 0.5) is 17.1 Å². The van der Waals surface area contributed by atoms with Gasteiger partial charge in [0.2, 0.25) is 0 Å². The molecule has 0 fully saturated rings. The molecule has 7 aromatic rings. The lowest BCUT2D eigenvalue weighted by molar-refractivity contribution is 0.483. The predicted molar refractivity (Wildman–Crippen MR) is 177 cm³/mol. The zero-order valence-electron chi connectivity index (χ0n) is 26.6. The Kier molecular flexibility index (Phi) is 5.17. The van der Waals surface area contributed by atoms with E-state index in [2.05, 4.69) is 84.3 Å². The fraction of sp³-hybridized carbons (Fsp3) is 0.0789. The van der Waals surface area contributed by atoms with Gasteiger partial charge in [-0.15, -0.1) is 0 Å². The Morgan fingerprint density at radius 1 is 0.698 bits per heavy atom. The summed E-state index contributed by atoms with van der Waals surface area (Å²) in [5.74, 6) is 2.18. The molecule has 0 spiro atoms. The highest BCUT2D eigenvalue weighted by atomic mass is 16.5. The topological polar surface area (TPSA) is 33.5 Å². The van der Waals surface area contributed by atoms with E-state index in [9.17, 15) is 0 Å². The van der Waals surface area contributed by atoms with Crippen molar-refractivity contribution in [2.45, 2.75) is 6.92 Å². The Hall–Kier alpha value is -5.55. The Morgan fingerprint density at radius 3 is 2.40 bits per heavy atom. The molecule has 0 saturated carbocycles. The number of hydrogen-bond donors (Lipinski definition) is 0. The number of pyridine rings is 1. The second-order valence-corrected chi connectivity index (χ2v) is 10.8. The van der Waals surface area contributed by atoms with Crippen molar-refractivity contribution in [2.75, 3.05) is 23.4 Å². The number of fused-ring (bicyclic) bond motifs is 4. The Balaban J connectivity index is 1.18. The summed E-state index contributed by atoms with van der Waals surface area (Å²) < 4.78 is 32.8. The van der Waals surface area contributed by atoms with Crippen molar-refractivity contribution in [3.63, 3.8) is 0 Å². The summed E-state index contributed by atoms with van der Waals surface area (Å²) in [7, 11) is 0. The molecule has 208 valence electrons. The highest BCUT2D eigenvalue weighted by molar-refractivity contribution is 6.09. The molecular formula is C38H30N4O. The number of anilines is 3. The molecule has 0 amide bonds. The lowest BCUT2D eigenvalue weighted by Crippen LogP contribution is -2.23. The van der Waals surface area contributed by atoms with Crippen LogP contribution in [-0.4, -0.2) is 23.2 Å².